The molecule has 0 amide bonds. The highest BCUT2D eigenvalue weighted by atomic mass is 35.5. The number of halogens is 1. The van der Waals surface area contributed by atoms with Gasteiger partial charge in [0, 0.05) is 22.1 Å². The van der Waals surface area contributed by atoms with Crippen molar-refractivity contribution >= 4 is 17.6 Å². The van der Waals surface area contributed by atoms with Crippen LogP contribution >= 0.6 is 11.6 Å². The van der Waals surface area contributed by atoms with Crippen LogP contribution in [0.2, 0.25) is 5.02 Å². The first kappa shape index (κ1) is 18.4. The van der Waals surface area contributed by atoms with Gasteiger partial charge in [0.15, 0.2) is 0 Å². The number of hydrogen-bond acceptors (Lipinski definition) is 3. The molecule has 2 atom stereocenters. The van der Waals surface area contributed by atoms with Crippen molar-refractivity contribution in [1.29, 1.82) is 0 Å². The molecule has 1 heterocycles. The van der Waals surface area contributed by atoms with E-state index in [1.54, 1.807) is 24.3 Å². The van der Waals surface area contributed by atoms with Gasteiger partial charge in [0.1, 0.15) is 11.5 Å². The number of rotatable bonds is 5. The number of para-hydroxylation sites is 1. The maximum absolute atomic E-state index is 11.7. The zero-order valence-corrected chi connectivity index (χ0v) is 15.8. The molecule has 0 aromatic heterocycles. The van der Waals surface area contributed by atoms with E-state index in [1.807, 2.05) is 42.5 Å². The Bertz CT molecular complexity index is 967. The van der Waals surface area contributed by atoms with Crippen molar-refractivity contribution < 1.29 is 19.4 Å². The number of carboxylic acid groups (broad SMARTS) is 1. The van der Waals surface area contributed by atoms with E-state index in [4.69, 9.17) is 21.1 Å². The zero-order chi connectivity index (χ0) is 19.5. The first-order valence-electron chi connectivity index (χ1n) is 9.08. The molecule has 0 aliphatic carbocycles. The van der Waals surface area contributed by atoms with E-state index >= 15 is 0 Å². The molecule has 1 aliphatic rings. The highest BCUT2D eigenvalue weighted by Gasteiger charge is 2.24. The summed E-state index contributed by atoms with van der Waals surface area (Å²) in [6.45, 7) is 0.678. The smallest absolute Gasteiger partial charge is 0.349 e. The summed E-state index contributed by atoms with van der Waals surface area (Å²) in [5.74, 6) is 0.634. The van der Waals surface area contributed by atoms with E-state index in [0.717, 1.165) is 17.7 Å². The van der Waals surface area contributed by atoms with Crippen LogP contribution in [-0.2, 0) is 4.79 Å². The lowest BCUT2D eigenvalue weighted by atomic mass is 9.87. The fourth-order valence-corrected chi connectivity index (χ4v) is 3.63. The highest BCUT2D eigenvalue weighted by Crippen LogP contribution is 2.38. The third-order valence-electron chi connectivity index (χ3n) is 4.89. The van der Waals surface area contributed by atoms with Crippen molar-refractivity contribution in [2.75, 3.05) is 6.61 Å². The van der Waals surface area contributed by atoms with Crippen LogP contribution in [-0.4, -0.2) is 17.7 Å². The number of benzene rings is 3. The molecule has 4 rings (SSSR count). The van der Waals surface area contributed by atoms with Crippen LogP contribution in [0.5, 0.6) is 11.5 Å². The van der Waals surface area contributed by atoms with Gasteiger partial charge in [0.25, 0.3) is 0 Å². The molecule has 0 fully saturated rings. The Kier molecular flexibility index (Phi) is 5.22. The summed E-state index contributed by atoms with van der Waals surface area (Å²) in [6.07, 6.45) is -0.188. The average Bonchev–Trinajstić information content (AvgIpc) is 2.73. The van der Waals surface area contributed by atoms with Crippen molar-refractivity contribution in [2.45, 2.75) is 18.4 Å². The molecule has 0 saturated heterocycles. The van der Waals surface area contributed by atoms with Crippen LogP contribution in [0.1, 0.15) is 35.1 Å². The Balaban J connectivity index is 1.55. The van der Waals surface area contributed by atoms with Crippen molar-refractivity contribution in [1.82, 2.24) is 0 Å². The lowest BCUT2D eigenvalue weighted by Crippen LogP contribution is -2.18. The summed E-state index contributed by atoms with van der Waals surface area (Å²) in [4.78, 5) is 11.7. The molecule has 0 radical (unpaired) electrons. The second-order valence-electron chi connectivity index (χ2n) is 6.68. The lowest BCUT2D eigenvalue weighted by Gasteiger charge is -2.26. The van der Waals surface area contributed by atoms with Gasteiger partial charge in [-0.3, -0.25) is 0 Å². The molecule has 28 heavy (non-hydrogen) atoms. The molecular weight excluding hydrogens is 376 g/mol. The Labute approximate surface area is 168 Å². The Hall–Kier alpha value is -2.98. The van der Waals surface area contributed by atoms with Gasteiger partial charge < -0.3 is 14.6 Å². The minimum Gasteiger partial charge on any atom is -0.493 e. The van der Waals surface area contributed by atoms with Crippen LogP contribution in [0.3, 0.4) is 0 Å². The van der Waals surface area contributed by atoms with Crippen LogP contribution in [0.25, 0.3) is 0 Å². The van der Waals surface area contributed by atoms with Crippen molar-refractivity contribution in [3.8, 4) is 11.5 Å². The number of aliphatic carboxylic acids is 1. The minimum absolute atomic E-state index is 0.255. The summed E-state index contributed by atoms with van der Waals surface area (Å²) in [7, 11) is 0. The number of ether oxygens (including phenoxy) is 2. The zero-order valence-electron chi connectivity index (χ0n) is 15.0. The van der Waals surface area contributed by atoms with Crippen LogP contribution in [0, 0.1) is 0 Å². The summed E-state index contributed by atoms with van der Waals surface area (Å²) < 4.78 is 11.5. The van der Waals surface area contributed by atoms with Crippen molar-refractivity contribution in [3.63, 3.8) is 0 Å². The molecule has 2 unspecified atom stereocenters. The Morgan fingerprint density at radius 1 is 1.04 bits per heavy atom. The third kappa shape index (κ3) is 3.82. The molecule has 1 N–H and O–H groups in total. The molecule has 0 bridgehead atoms. The predicted molar refractivity (Wildman–Crippen MR) is 107 cm³/mol. The lowest BCUT2D eigenvalue weighted by molar-refractivity contribution is -0.145. The van der Waals surface area contributed by atoms with Crippen molar-refractivity contribution in [2.24, 2.45) is 0 Å². The van der Waals surface area contributed by atoms with Gasteiger partial charge in [-0.15, -0.1) is 0 Å². The standard InChI is InChI=1S/C23H19ClO4/c24-17-9-5-16(6-10-17)22(23(25)26)28-18-11-7-15(8-12-18)19-13-14-27-21-4-2-1-3-20(19)21/h1-12,19,22H,13-14H2,(H,25,26). The van der Waals surface area contributed by atoms with Gasteiger partial charge in [-0.1, -0.05) is 54.1 Å². The Morgan fingerprint density at radius 3 is 2.46 bits per heavy atom. The first-order chi connectivity index (χ1) is 13.6. The van der Waals surface area contributed by atoms with Crippen molar-refractivity contribution in [3.05, 3.63) is 94.5 Å². The quantitative estimate of drug-likeness (QED) is 0.624. The number of carbonyl (C=O) groups is 1. The number of fused-ring (bicyclic) bond motifs is 1. The minimum atomic E-state index is -1.09. The van der Waals surface area contributed by atoms with Gasteiger partial charge in [0.2, 0.25) is 6.10 Å². The topological polar surface area (TPSA) is 55.8 Å². The highest BCUT2D eigenvalue weighted by molar-refractivity contribution is 6.30. The normalized spacial score (nSPS) is 16.5. The summed E-state index contributed by atoms with van der Waals surface area (Å²) in [5, 5.41) is 10.1. The molecule has 0 spiro atoms. The summed E-state index contributed by atoms with van der Waals surface area (Å²) in [6, 6.07) is 22.3. The molecule has 3 aromatic rings. The predicted octanol–water partition coefficient (Wildman–Crippen LogP) is 5.46. The van der Waals surface area contributed by atoms with Gasteiger partial charge in [0.05, 0.1) is 6.61 Å². The van der Waals surface area contributed by atoms with E-state index < -0.39 is 12.1 Å². The molecule has 4 nitrogen and oxygen atoms in total. The summed E-state index contributed by atoms with van der Waals surface area (Å²) >= 11 is 5.89. The third-order valence-corrected chi connectivity index (χ3v) is 5.14. The van der Waals surface area contributed by atoms with E-state index in [0.29, 0.717) is 22.9 Å². The van der Waals surface area contributed by atoms with Gasteiger partial charge >= 0.3 is 5.97 Å². The largest absolute Gasteiger partial charge is 0.493 e. The summed E-state index contributed by atoms with van der Waals surface area (Å²) in [5.41, 5.74) is 2.87. The van der Waals surface area contributed by atoms with Gasteiger partial charge in [-0.25, -0.2) is 4.79 Å². The fourth-order valence-electron chi connectivity index (χ4n) is 3.50. The van der Waals surface area contributed by atoms with E-state index in [1.165, 1.54) is 5.56 Å². The maximum Gasteiger partial charge on any atom is 0.349 e. The second-order valence-corrected chi connectivity index (χ2v) is 7.12. The SMILES string of the molecule is O=C(O)C(Oc1ccc(C2CCOc3ccccc32)cc1)c1ccc(Cl)cc1. The molecule has 5 heteroatoms. The number of carboxylic acids is 1. The molecular formula is C23H19ClO4. The number of hydrogen-bond donors (Lipinski definition) is 1. The molecule has 142 valence electrons. The van der Waals surface area contributed by atoms with Gasteiger partial charge in [-0.05, 0) is 42.3 Å². The molecule has 3 aromatic carbocycles. The molecule has 1 aliphatic heterocycles. The van der Waals surface area contributed by atoms with Gasteiger partial charge in [-0.2, -0.15) is 0 Å². The molecule has 0 saturated carbocycles. The van der Waals surface area contributed by atoms with Crippen LogP contribution in [0.15, 0.2) is 72.8 Å². The van der Waals surface area contributed by atoms with E-state index in [9.17, 15) is 9.90 Å². The second kappa shape index (κ2) is 7.95. The van der Waals surface area contributed by atoms with E-state index in [-0.39, 0.29) is 5.92 Å². The fraction of sp³-hybridized carbons (Fsp3) is 0.174. The Morgan fingerprint density at radius 2 is 1.75 bits per heavy atom. The monoisotopic (exact) mass is 394 g/mol. The average molecular weight is 395 g/mol. The first-order valence-corrected chi connectivity index (χ1v) is 9.46. The van der Waals surface area contributed by atoms with Crippen LogP contribution < -0.4 is 9.47 Å². The maximum atomic E-state index is 11.7. The van der Waals surface area contributed by atoms with E-state index in [2.05, 4.69) is 6.07 Å². The van der Waals surface area contributed by atoms with Crippen LogP contribution in [0.4, 0.5) is 0 Å².